The maximum atomic E-state index is 12.0. The number of ether oxygens (including phenoxy) is 3. The Kier molecular flexibility index (Phi) is 7.37. The van der Waals surface area contributed by atoms with Gasteiger partial charge < -0.3 is 14.2 Å². The molecule has 0 fully saturated rings. The maximum Gasteiger partial charge on any atom is 0.163 e. The van der Waals surface area contributed by atoms with Gasteiger partial charge in [0.25, 0.3) is 0 Å². The van der Waals surface area contributed by atoms with Crippen molar-refractivity contribution in [2.24, 2.45) is 0 Å². The maximum absolute atomic E-state index is 12.0. The molecule has 0 heterocycles. The van der Waals surface area contributed by atoms with Crippen LogP contribution in [0.15, 0.2) is 54.6 Å². The first kappa shape index (κ1) is 20.0. The minimum atomic E-state index is -0.273. The smallest absolute Gasteiger partial charge is 0.163 e. The number of methoxy groups -OCH3 is 3. The Morgan fingerprint density at radius 2 is 1.41 bits per heavy atom. The van der Waals surface area contributed by atoms with Crippen molar-refractivity contribution in [3.63, 3.8) is 0 Å². The summed E-state index contributed by atoms with van der Waals surface area (Å²) in [7, 11) is 4.68. The molecule has 0 spiro atoms. The summed E-state index contributed by atoms with van der Waals surface area (Å²) in [6, 6.07) is 12.6. The fraction of sp³-hybridized carbons (Fsp3) is 0.182. The van der Waals surface area contributed by atoms with Crippen molar-refractivity contribution in [2.75, 3.05) is 21.3 Å². The van der Waals surface area contributed by atoms with Crippen LogP contribution in [0, 0.1) is 0 Å². The van der Waals surface area contributed by atoms with Crippen LogP contribution in [0.25, 0.3) is 12.2 Å². The van der Waals surface area contributed by atoms with E-state index in [-0.39, 0.29) is 18.0 Å². The van der Waals surface area contributed by atoms with E-state index in [1.54, 1.807) is 51.7 Å². The summed E-state index contributed by atoms with van der Waals surface area (Å²) in [4.78, 5) is 24.0. The van der Waals surface area contributed by atoms with Crippen LogP contribution in [0.5, 0.6) is 17.2 Å². The van der Waals surface area contributed by atoms with E-state index >= 15 is 0 Å². The summed E-state index contributed by atoms with van der Waals surface area (Å²) in [5.74, 6) is 1.35. The van der Waals surface area contributed by atoms with Gasteiger partial charge in [-0.2, -0.15) is 0 Å². The Balaban J connectivity index is 1.95. The van der Waals surface area contributed by atoms with Gasteiger partial charge in [0.1, 0.15) is 5.75 Å². The van der Waals surface area contributed by atoms with Crippen LogP contribution >= 0.6 is 0 Å². The zero-order valence-corrected chi connectivity index (χ0v) is 15.6. The highest BCUT2D eigenvalue weighted by Crippen LogP contribution is 2.28. The van der Waals surface area contributed by atoms with Gasteiger partial charge in [-0.05, 0) is 47.5 Å². The predicted octanol–water partition coefficient (Wildman–Crippen LogP) is 3.97. The molecule has 0 bridgehead atoms. The highest BCUT2D eigenvalue weighted by molar-refractivity contribution is 6.10. The molecule has 0 unspecified atom stereocenters. The molecule has 0 aromatic heterocycles. The summed E-state index contributed by atoms with van der Waals surface area (Å²) in [6.07, 6.45) is 5.90. The highest BCUT2D eigenvalue weighted by atomic mass is 16.5. The number of carbonyl (C=O) groups is 2. The second kappa shape index (κ2) is 9.97. The molecule has 140 valence electrons. The van der Waals surface area contributed by atoms with Gasteiger partial charge in [-0.1, -0.05) is 30.4 Å². The number of benzene rings is 2. The summed E-state index contributed by atoms with van der Waals surface area (Å²) in [5.41, 5.74) is 1.61. The quantitative estimate of drug-likeness (QED) is 0.496. The topological polar surface area (TPSA) is 61.8 Å². The second-order valence-corrected chi connectivity index (χ2v) is 5.67. The standard InChI is InChI=1S/C22H22O5/c1-25-20-6-4-5-16(13-20)7-10-18(23)15-19(24)11-8-17-9-12-21(26-2)22(14-17)27-3/h4-14H,15H2,1-3H3/b10-7+,11-8+. The van der Waals surface area contributed by atoms with E-state index in [2.05, 4.69) is 0 Å². The third-order valence-corrected chi connectivity index (χ3v) is 3.77. The molecule has 0 atom stereocenters. The minimum absolute atomic E-state index is 0.190. The molecule has 0 aliphatic heterocycles. The monoisotopic (exact) mass is 366 g/mol. The average Bonchev–Trinajstić information content (AvgIpc) is 2.70. The van der Waals surface area contributed by atoms with E-state index in [9.17, 15) is 9.59 Å². The van der Waals surface area contributed by atoms with Crippen LogP contribution in [0.4, 0.5) is 0 Å². The average molecular weight is 366 g/mol. The fourth-order valence-corrected chi connectivity index (χ4v) is 2.37. The molecule has 2 aromatic carbocycles. The highest BCUT2D eigenvalue weighted by Gasteiger charge is 2.05. The lowest BCUT2D eigenvalue weighted by Gasteiger charge is -2.07. The van der Waals surface area contributed by atoms with Crippen LogP contribution < -0.4 is 14.2 Å². The fourth-order valence-electron chi connectivity index (χ4n) is 2.37. The predicted molar refractivity (Wildman–Crippen MR) is 105 cm³/mol. The van der Waals surface area contributed by atoms with Gasteiger partial charge in [-0.3, -0.25) is 9.59 Å². The Bertz CT molecular complexity index is 865. The third-order valence-electron chi connectivity index (χ3n) is 3.77. The molecule has 2 rings (SSSR count). The molecule has 5 heteroatoms. The second-order valence-electron chi connectivity index (χ2n) is 5.67. The van der Waals surface area contributed by atoms with Crippen LogP contribution in [0.1, 0.15) is 17.5 Å². The summed E-state index contributed by atoms with van der Waals surface area (Å²) in [5, 5.41) is 0. The van der Waals surface area contributed by atoms with Gasteiger partial charge >= 0.3 is 0 Å². The molecule has 0 amide bonds. The SMILES string of the molecule is COc1cccc(/C=C/C(=O)CC(=O)/C=C/c2ccc(OC)c(OC)c2)c1. The number of carbonyl (C=O) groups excluding carboxylic acids is 2. The number of ketones is 2. The Labute approximate surface area is 158 Å². The molecule has 0 saturated carbocycles. The zero-order chi connectivity index (χ0) is 19.6. The molecule has 27 heavy (non-hydrogen) atoms. The molecular formula is C22H22O5. The summed E-state index contributed by atoms with van der Waals surface area (Å²) < 4.78 is 15.5. The molecule has 0 radical (unpaired) electrons. The molecule has 2 aromatic rings. The van der Waals surface area contributed by atoms with E-state index in [0.717, 1.165) is 11.1 Å². The zero-order valence-electron chi connectivity index (χ0n) is 15.6. The lowest BCUT2D eigenvalue weighted by atomic mass is 10.1. The van der Waals surface area contributed by atoms with Crippen LogP contribution in [0.2, 0.25) is 0 Å². The van der Waals surface area contributed by atoms with Crippen molar-refractivity contribution in [3.8, 4) is 17.2 Å². The normalized spacial score (nSPS) is 10.9. The first-order chi connectivity index (χ1) is 13.0. The molecule has 0 aliphatic rings. The van der Waals surface area contributed by atoms with Gasteiger partial charge in [0, 0.05) is 0 Å². The Morgan fingerprint density at radius 1 is 0.778 bits per heavy atom. The van der Waals surface area contributed by atoms with Crippen LogP contribution in [0.3, 0.4) is 0 Å². The largest absolute Gasteiger partial charge is 0.497 e. The van der Waals surface area contributed by atoms with Crippen molar-refractivity contribution < 1.29 is 23.8 Å². The number of rotatable bonds is 9. The third kappa shape index (κ3) is 6.15. The van der Waals surface area contributed by atoms with Gasteiger partial charge in [-0.15, -0.1) is 0 Å². The number of allylic oxidation sites excluding steroid dienone is 2. The van der Waals surface area contributed by atoms with E-state index < -0.39 is 0 Å². The van der Waals surface area contributed by atoms with E-state index in [0.29, 0.717) is 17.2 Å². The molecule has 0 N–H and O–H groups in total. The Morgan fingerprint density at radius 3 is 2.00 bits per heavy atom. The van der Waals surface area contributed by atoms with Gasteiger partial charge in [-0.25, -0.2) is 0 Å². The molecule has 0 aliphatic carbocycles. The van der Waals surface area contributed by atoms with Gasteiger partial charge in [0.15, 0.2) is 23.1 Å². The van der Waals surface area contributed by atoms with Crippen molar-refractivity contribution in [2.45, 2.75) is 6.42 Å². The molecule has 0 saturated heterocycles. The van der Waals surface area contributed by atoms with Crippen molar-refractivity contribution >= 4 is 23.7 Å². The van der Waals surface area contributed by atoms with Crippen molar-refractivity contribution in [1.82, 2.24) is 0 Å². The molecular weight excluding hydrogens is 344 g/mol. The van der Waals surface area contributed by atoms with E-state index in [4.69, 9.17) is 14.2 Å². The molecule has 5 nitrogen and oxygen atoms in total. The van der Waals surface area contributed by atoms with E-state index in [1.807, 2.05) is 24.3 Å². The Hall–Kier alpha value is -3.34. The van der Waals surface area contributed by atoms with Crippen molar-refractivity contribution in [1.29, 1.82) is 0 Å². The first-order valence-corrected chi connectivity index (χ1v) is 8.33. The van der Waals surface area contributed by atoms with Gasteiger partial charge in [0.05, 0.1) is 27.8 Å². The van der Waals surface area contributed by atoms with Gasteiger partial charge in [0.2, 0.25) is 0 Å². The van der Waals surface area contributed by atoms with Crippen LogP contribution in [-0.4, -0.2) is 32.9 Å². The number of hydrogen-bond acceptors (Lipinski definition) is 5. The first-order valence-electron chi connectivity index (χ1n) is 8.33. The van der Waals surface area contributed by atoms with E-state index in [1.165, 1.54) is 12.2 Å². The minimum Gasteiger partial charge on any atom is -0.497 e. The number of hydrogen-bond donors (Lipinski definition) is 0. The van der Waals surface area contributed by atoms with Crippen LogP contribution in [-0.2, 0) is 9.59 Å². The summed E-state index contributed by atoms with van der Waals surface area (Å²) >= 11 is 0. The van der Waals surface area contributed by atoms with Crippen molar-refractivity contribution in [3.05, 3.63) is 65.7 Å². The summed E-state index contributed by atoms with van der Waals surface area (Å²) in [6.45, 7) is 0. The lowest BCUT2D eigenvalue weighted by Crippen LogP contribution is -2.01. The lowest BCUT2D eigenvalue weighted by molar-refractivity contribution is -0.121.